The Labute approximate surface area is 213 Å². The van der Waals surface area contributed by atoms with Crippen molar-refractivity contribution < 1.29 is 14.3 Å². The molecule has 0 aliphatic rings. The minimum Gasteiger partial charge on any atom is -0.483 e. The van der Waals surface area contributed by atoms with Crippen molar-refractivity contribution in [3.05, 3.63) is 101 Å². The second-order valence-corrected chi connectivity index (χ2v) is 9.10. The van der Waals surface area contributed by atoms with Gasteiger partial charge in [0.25, 0.3) is 5.91 Å². The molecule has 5 nitrogen and oxygen atoms in total. The maximum Gasteiger partial charge on any atom is 0.261 e. The molecule has 2 amide bonds. The maximum atomic E-state index is 13.6. The van der Waals surface area contributed by atoms with Gasteiger partial charge in [-0.05, 0) is 41.7 Å². The van der Waals surface area contributed by atoms with Gasteiger partial charge in [0.2, 0.25) is 5.91 Å². The summed E-state index contributed by atoms with van der Waals surface area (Å²) < 4.78 is 5.99. The van der Waals surface area contributed by atoms with Crippen LogP contribution in [0.4, 0.5) is 0 Å². The normalized spacial score (nSPS) is 11.7. The van der Waals surface area contributed by atoms with Gasteiger partial charge in [-0.15, -0.1) is 0 Å². The number of likely N-dealkylation sites (N-methyl/N-ethyl adjacent to an activating group) is 1. The van der Waals surface area contributed by atoms with E-state index in [1.54, 1.807) is 11.0 Å². The summed E-state index contributed by atoms with van der Waals surface area (Å²) in [5.74, 6) is 0.433. The predicted octanol–water partition coefficient (Wildman–Crippen LogP) is 5.62. The standard InChI is InChI=1S/C29H33ClN2O3/c1-4-31-29(34)26(18-22-12-6-5-7-13-22)32(19-23-14-8-10-16-25(23)30)28(33)20-35-27-17-11-9-15-24(27)21(2)3/h5-17,21,26H,4,18-20H2,1-3H3,(H,31,34). The molecule has 1 atom stereocenters. The van der Waals surface area contributed by atoms with E-state index in [1.807, 2.05) is 79.7 Å². The number of halogens is 1. The Balaban J connectivity index is 1.92. The number of amides is 2. The van der Waals surface area contributed by atoms with E-state index in [1.165, 1.54) is 0 Å². The number of rotatable bonds is 11. The van der Waals surface area contributed by atoms with Crippen LogP contribution in [-0.4, -0.2) is 35.9 Å². The molecular weight excluding hydrogens is 460 g/mol. The number of nitrogens with one attached hydrogen (secondary N) is 1. The molecule has 3 aromatic carbocycles. The molecule has 1 N–H and O–H groups in total. The Morgan fingerprint density at radius 1 is 0.943 bits per heavy atom. The Bertz CT molecular complexity index is 1120. The van der Waals surface area contributed by atoms with Crippen LogP contribution in [0.1, 0.15) is 43.4 Å². The van der Waals surface area contributed by atoms with Crippen molar-refractivity contribution in [3.8, 4) is 5.75 Å². The van der Waals surface area contributed by atoms with Gasteiger partial charge in [-0.2, -0.15) is 0 Å². The lowest BCUT2D eigenvalue weighted by Crippen LogP contribution is -2.51. The average Bonchev–Trinajstić information content (AvgIpc) is 2.86. The van der Waals surface area contributed by atoms with Gasteiger partial charge in [0.15, 0.2) is 6.61 Å². The molecule has 0 fully saturated rings. The third-order valence-electron chi connectivity index (χ3n) is 5.81. The van der Waals surface area contributed by atoms with E-state index in [-0.39, 0.29) is 30.9 Å². The highest BCUT2D eigenvalue weighted by Gasteiger charge is 2.31. The lowest BCUT2D eigenvalue weighted by molar-refractivity contribution is -0.142. The van der Waals surface area contributed by atoms with Crippen molar-refractivity contribution >= 4 is 23.4 Å². The molecule has 0 radical (unpaired) electrons. The van der Waals surface area contributed by atoms with Crippen molar-refractivity contribution in [1.82, 2.24) is 10.2 Å². The van der Waals surface area contributed by atoms with Crippen LogP contribution in [0.3, 0.4) is 0 Å². The predicted molar refractivity (Wildman–Crippen MR) is 141 cm³/mol. The third-order valence-corrected chi connectivity index (χ3v) is 6.18. The van der Waals surface area contributed by atoms with Crippen LogP contribution in [0.15, 0.2) is 78.9 Å². The highest BCUT2D eigenvalue weighted by atomic mass is 35.5. The smallest absolute Gasteiger partial charge is 0.261 e. The van der Waals surface area contributed by atoms with Crippen molar-refractivity contribution in [1.29, 1.82) is 0 Å². The molecular formula is C29H33ClN2O3. The molecule has 0 spiro atoms. The van der Waals surface area contributed by atoms with Crippen molar-refractivity contribution in [2.24, 2.45) is 0 Å². The fraction of sp³-hybridized carbons (Fsp3) is 0.310. The molecule has 3 aromatic rings. The second-order valence-electron chi connectivity index (χ2n) is 8.69. The van der Waals surface area contributed by atoms with Crippen molar-refractivity contribution in [2.45, 2.75) is 45.7 Å². The minimum atomic E-state index is -0.718. The first-order chi connectivity index (χ1) is 16.9. The van der Waals surface area contributed by atoms with Gasteiger partial charge < -0.3 is 15.0 Å². The van der Waals surface area contributed by atoms with Crippen LogP contribution in [0.25, 0.3) is 0 Å². The van der Waals surface area contributed by atoms with Gasteiger partial charge in [0, 0.05) is 24.5 Å². The quantitative estimate of drug-likeness (QED) is 0.378. The van der Waals surface area contributed by atoms with Crippen LogP contribution in [-0.2, 0) is 22.6 Å². The van der Waals surface area contributed by atoms with Crippen LogP contribution in [0, 0.1) is 0 Å². The first kappa shape index (κ1) is 26.3. The third kappa shape index (κ3) is 7.33. The van der Waals surface area contributed by atoms with Gasteiger partial charge in [-0.1, -0.05) is 92.2 Å². The number of nitrogens with zero attached hydrogens (tertiary/aromatic N) is 1. The largest absolute Gasteiger partial charge is 0.483 e. The summed E-state index contributed by atoms with van der Waals surface area (Å²) in [6.07, 6.45) is 0.380. The van der Waals surface area contributed by atoms with E-state index in [9.17, 15) is 9.59 Å². The summed E-state index contributed by atoms with van der Waals surface area (Å²) >= 11 is 6.44. The summed E-state index contributed by atoms with van der Waals surface area (Å²) in [5, 5.41) is 3.44. The van der Waals surface area contributed by atoms with E-state index >= 15 is 0 Å². The molecule has 35 heavy (non-hydrogen) atoms. The Kier molecular flexibility index (Phi) is 9.74. The molecule has 0 saturated carbocycles. The number of carbonyl (C=O) groups is 2. The zero-order chi connectivity index (χ0) is 25.2. The van der Waals surface area contributed by atoms with Gasteiger partial charge in [-0.3, -0.25) is 9.59 Å². The fourth-order valence-corrected chi connectivity index (χ4v) is 4.16. The first-order valence-electron chi connectivity index (χ1n) is 12.0. The molecule has 0 bridgehead atoms. The second kappa shape index (κ2) is 13.0. The molecule has 184 valence electrons. The van der Waals surface area contributed by atoms with Crippen LogP contribution in [0.2, 0.25) is 5.02 Å². The van der Waals surface area contributed by atoms with Crippen molar-refractivity contribution in [2.75, 3.05) is 13.2 Å². The molecule has 0 saturated heterocycles. The Morgan fingerprint density at radius 2 is 1.60 bits per heavy atom. The average molecular weight is 493 g/mol. The highest BCUT2D eigenvalue weighted by molar-refractivity contribution is 6.31. The van der Waals surface area contributed by atoms with Gasteiger partial charge in [-0.25, -0.2) is 0 Å². The number of para-hydroxylation sites is 1. The van der Waals surface area contributed by atoms with Gasteiger partial charge >= 0.3 is 0 Å². The van der Waals surface area contributed by atoms with E-state index in [0.29, 0.717) is 23.7 Å². The number of hydrogen-bond donors (Lipinski definition) is 1. The zero-order valence-corrected chi connectivity index (χ0v) is 21.3. The summed E-state index contributed by atoms with van der Waals surface area (Å²) in [6, 6.07) is 24.1. The summed E-state index contributed by atoms with van der Waals surface area (Å²) in [6.45, 7) is 6.51. The number of ether oxygens (including phenoxy) is 1. The molecule has 1 unspecified atom stereocenters. The van der Waals surface area contributed by atoms with Crippen LogP contribution < -0.4 is 10.1 Å². The number of carbonyl (C=O) groups excluding carboxylic acids is 2. The lowest BCUT2D eigenvalue weighted by Gasteiger charge is -2.31. The van der Waals surface area contributed by atoms with Crippen LogP contribution in [0.5, 0.6) is 5.75 Å². The van der Waals surface area contributed by atoms with Crippen LogP contribution >= 0.6 is 11.6 Å². The molecule has 6 heteroatoms. The highest BCUT2D eigenvalue weighted by Crippen LogP contribution is 2.26. The van der Waals surface area contributed by atoms with E-state index in [2.05, 4.69) is 19.2 Å². The van der Waals surface area contributed by atoms with Gasteiger partial charge in [0.05, 0.1) is 0 Å². The van der Waals surface area contributed by atoms with E-state index in [0.717, 1.165) is 16.7 Å². The monoisotopic (exact) mass is 492 g/mol. The molecule has 0 aliphatic heterocycles. The van der Waals surface area contributed by atoms with E-state index in [4.69, 9.17) is 16.3 Å². The van der Waals surface area contributed by atoms with E-state index < -0.39 is 6.04 Å². The molecule has 0 aromatic heterocycles. The summed E-state index contributed by atoms with van der Waals surface area (Å²) in [5.41, 5.74) is 2.77. The Morgan fingerprint density at radius 3 is 2.29 bits per heavy atom. The first-order valence-corrected chi connectivity index (χ1v) is 12.3. The summed E-state index contributed by atoms with van der Waals surface area (Å²) in [7, 11) is 0. The molecule has 0 heterocycles. The number of hydrogen-bond acceptors (Lipinski definition) is 3. The number of benzene rings is 3. The SMILES string of the molecule is CCNC(=O)C(Cc1ccccc1)N(Cc1ccccc1Cl)C(=O)COc1ccccc1C(C)C. The minimum absolute atomic E-state index is 0.182. The topological polar surface area (TPSA) is 58.6 Å². The zero-order valence-electron chi connectivity index (χ0n) is 20.5. The van der Waals surface area contributed by atoms with Gasteiger partial charge in [0.1, 0.15) is 11.8 Å². The fourth-order valence-electron chi connectivity index (χ4n) is 3.97. The summed E-state index contributed by atoms with van der Waals surface area (Å²) in [4.78, 5) is 28.4. The molecule has 3 rings (SSSR count). The van der Waals surface area contributed by atoms with Crippen molar-refractivity contribution in [3.63, 3.8) is 0 Å². The Hall–Kier alpha value is -3.31. The lowest BCUT2D eigenvalue weighted by atomic mass is 10.0. The molecule has 0 aliphatic carbocycles. The maximum absolute atomic E-state index is 13.6.